The predicted octanol–water partition coefficient (Wildman–Crippen LogP) is 6.68. The van der Waals surface area contributed by atoms with E-state index in [2.05, 4.69) is 54.5 Å². The number of fused-ring (bicyclic) bond motifs is 7. The smallest absolute Gasteiger partial charge is 0.312 e. The van der Waals surface area contributed by atoms with Crippen molar-refractivity contribution in [2.24, 2.45) is 50.2 Å². The topological polar surface area (TPSA) is 66.8 Å². The summed E-state index contributed by atoms with van der Waals surface area (Å²) < 4.78 is 5.47. The molecule has 5 aliphatic carbocycles. The van der Waals surface area contributed by atoms with Crippen LogP contribution in [-0.4, -0.2) is 35.0 Å². The Labute approximate surface area is 219 Å². The van der Waals surface area contributed by atoms with Gasteiger partial charge in [0.25, 0.3) is 0 Å². The SMILES string of the molecule is COC(=O)[C@]12CCC(C)(C)[C@@](C)(O)[C@H]1C1=CC[C@H]3[C@@]4(C)CC[C@H](O)C(C)(C)[C@@H]4CC[C@@]3(C)[C@]1(C)CC2. The lowest BCUT2D eigenvalue weighted by Crippen LogP contribution is -2.69. The van der Waals surface area contributed by atoms with Crippen molar-refractivity contribution in [1.29, 1.82) is 0 Å². The van der Waals surface area contributed by atoms with E-state index in [1.807, 2.05) is 6.92 Å². The van der Waals surface area contributed by atoms with Crippen LogP contribution in [0.3, 0.4) is 0 Å². The number of methoxy groups -OCH3 is 1. The van der Waals surface area contributed by atoms with Crippen molar-refractivity contribution in [3.63, 3.8) is 0 Å². The van der Waals surface area contributed by atoms with Gasteiger partial charge in [-0.15, -0.1) is 0 Å². The summed E-state index contributed by atoms with van der Waals surface area (Å²) in [6.45, 7) is 18.5. The van der Waals surface area contributed by atoms with E-state index in [4.69, 9.17) is 4.74 Å². The van der Waals surface area contributed by atoms with Gasteiger partial charge < -0.3 is 14.9 Å². The molecule has 2 N–H and O–H groups in total. The van der Waals surface area contributed by atoms with Gasteiger partial charge in [0, 0.05) is 5.92 Å². The summed E-state index contributed by atoms with van der Waals surface area (Å²) in [7, 11) is 1.52. The van der Waals surface area contributed by atoms with E-state index in [9.17, 15) is 15.0 Å². The average molecular weight is 501 g/mol. The maximum Gasteiger partial charge on any atom is 0.312 e. The second kappa shape index (κ2) is 7.62. The first kappa shape index (κ1) is 26.7. The van der Waals surface area contributed by atoms with Gasteiger partial charge >= 0.3 is 5.97 Å². The van der Waals surface area contributed by atoms with Crippen molar-refractivity contribution < 1.29 is 19.7 Å². The minimum atomic E-state index is -0.992. The summed E-state index contributed by atoms with van der Waals surface area (Å²) >= 11 is 0. The standard InChI is InChI=1S/C32H52O4/c1-26(2)16-18-32(25(34)36-9)19-17-29(6)20(24(32)31(26,8)35)10-11-22-28(5)14-13-23(33)27(3,4)21(28)12-15-30(22,29)7/h10,21-24,33,35H,11-19H2,1-9H3/t21-,22-,23-,24+,28-,29+,30+,31-,32-/m0/s1. The Bertz CT molecular complexity index is 977. The van der Waals surface area contributed by atoms with Crippen LogP contribution in [0.2, 0.25) is 0 Å². The Morgan fingerprint density at radius 3 is 2.17 bits per heavy atom. The highest BCUT2D eigenvalue weighted by molar-refractivity contribution is 5.79. The number of rotatable bonds is 1. The first-order valence-corrected chi connectivity index (χ1v) is 14.7. The molecule has 36 heavy (non-hydrogen) atoms. The molecule has 0 unspecified atom stereocenters. The minimum absolute atomic E-state index is 0.0658. The highest BCUT2D eigenvalue weighted by atomic mass is 16.5. The van der Waals surface area contributed by atoms with Crippen LogP contribution >= 0.6 is 0 Å². The normalized spacial score (nSPS) is 53.1. The molecule has 5 rings (SSSR count). The largest absolute Gasteiger partial charge is 0.469 e. The highest BCUT2D eigenvalue weighted by Gasteiger charge is 2.72. The van der Waals surface area contributed by atoms with Gasteiger partial charge in [0.2, 0.25) is 0 Å². The van der Waals surface area contributed by atoms with Crippen molar-refractivity contribution >= 4 is 5.97 Å². The van der Waals surface area contributed by atoms with Gasteiger partial charge in [-0.1, -0.05) is 60.1 Å². The van der Waals surface area contributed by atoms with Crippen LogP contribution in [0.25, 0.3) is 0 Å². The molecule has 0 heterocycles. The molecular formula is C32H52O4. The van der Waals surface area contributed by atoms with Gasteiger partial charge in [-0.05, 0) is 104 Å². The van der Waals surface area contributed by atoms with Crippen molar-refractivity contribution in [3.8, 4) is 0 Å². The monoisotopic (exact) mass is 500 g/mol. The second-order valence-electron chi connectivity index (χ2n) is 15.8. The van der Waals surface area contributed by atoms with E-state index in [0.717, 1.165) is 57.8 Å². The molecule has 0 spiro atoms. The number of esters is 1. The molecule has 0 aromatic carbocycles. The molecule has 5 aliphatic rings. The lowest BCUT2D eigenvalue weighted by molar-refractivity contribution is -0.227. The fourth-order valence-electron chi connectivity index (χ4n) is 11.1. The molecule has 0 saturated heterocycles. The summed E-state index contributed by atoms with van der Waals surface area (Å²) in [6, 6.07) is 0. The zero-order valence-electron chi connectivity index (χ0n) is 24.5. The Morgan fingerprint density at radius 2 is 1.53 bits per heavy atom. The van der Waals surface area contributed by atoms with Gasteiger partial charge in [0.15, 0.2) is 0 Å². The van der Waals surface area contributed by atoms with E-state index in [0.29, 0.717) is 11.8 Å². The Kier molecular flexibility index (Phi) is 5.65. The number of carbonyl (C=O) groups is 1. The van der Waals surface area contributed by atoms with Crippen LogP contribution in [0.5, 0.6) is 0 Å². The third-order valence-corrected chi connectivity index (χ3v) is 14.2. The molecule has 4 saturated carbocycles. The van der Waals surface area contributed by atoms with Gasteiger partial charge in [0.1, 0.15) is 0 Å². The Balaban J connectivity index is 1.66. The molecule has 0 aromatic heterocycles. The van der Waals surface area contributed by atoms with Crippen molar-refractivity contribution in [2.75, 3.05) is 7.11 Å². The molecule has 9 atom stereocenters. The van der Waals surface area contributed by atoms with Crippen LogP contribution in [0.15, 0.2) is 11.6 Å². The number of aliphatic hydroxyl groups is 2. The lowest BCUT2D eigenvalue weighted by atomic mass is 9.32. The quantitative estimate of drug-likeness (QED) is 0.311. The van der Waals surface area contributed by atoms with Gasteiger partial charge in [0.05, 0.1) is 24.2 Å². The summed E-state index contributed by atoms with van der Waals surface area (Å²) in [5.74, 6) is 0.710. The van der Waals surface area contributed by atoms with Crippen molar-refractivity contribution in [2.45, 2.75) is 125 Å². The van der Waals surface area contributed by atoms with Crippen LogP contribution in [0, 0.1) is 50.2 Å². The van der Waals surface area contributed by atoms with E-state index < -0.39 is 11.0 Å². The van der Waals surface area contributed by atoms with Crippen LogP contribution in [0.4, 0.5) is 0 Å². The molecule has 0 amide bonds. The third kappa shape index (κ3) is 2.93. The second-order valence-corrected chi connectivity index (χ2v) is 15.8. The van der Waals surface area contributed by atoms with E-state index in [1.165, 1.54) is 12.7 Å². The molecule has 0 bridgehead atoms. The molecular weight excluding hydrogens is 448 g/mol. The highest BCUT2D eigenvalue weighted by Crippen LogP contribution is 2.76. The molecule has 4 heteroatoms. The van der Waals surface area contributed by atoms with Gasteiger partial charge in [-0.3, -0.25) is 4.79 Å². The van der Waals surface area contributed by atoms with Crippen LogP contribution in [0.1, 0.15) is 113 Å². The maximum absolute atomic E-state index is 13.5. The number of allylic oxidation sites excluding steroid dienone is 1. The first-order chi connectivity index (χ1) is 16.5. The van der Waals surface area contributed by atoms with E-state index >= 15 is 0 Å². The zero-order valence-corrected chi connectivity index (χ0v) is 24.5. The van der Waals surface area contributed by atoms with Crippen LogP contribution < -0.4 is 0 Å². The minimum Gasteiger partial charge on any atom is -0.469 e. The molecule has 0 aromatic rings. The number of carbonyl (C=O) groups excluding carboxylic acids is 1. The molecule has 0 radical (unpaired) electrons. The summed E-state index contributed by atoms with van der Waals surface area (Å²) in [4.78, 5) is 13.5. The van der Waals surface area contributed by atoms with E-state index in [-0.39, 0.29) is 45.1 Å². The summed E-state index contributed by atoms with van der Waals surface area (Å²) in [6.07, 6.45) is 10.9. The fourth-order valence-corrected chi connectivity index (χ4v) is 11.1. The van der Waals surface area contributed by atoms with Crippen LogP contribution in [-0.2, 0) is 9.53 Å². The maximum atomic E-state index is 13.5. The summed E-state index contributed by atoms with van der Waals surface area (Å²) in [5, 5.41) is 23.2. The Hall–Kier alpha value is -0.870. The zero-order chi connectivity index (χ0) is 26.7. The van der Waals surface area contributed by atoms with Gasteiger partial charge in [-0.25, -0.2) is 0 Å². The molecule has 4 nitrogen and oxygen atoms in total. The van der Waals surface area contributed by atoms with Gasteiger partial charge in [-0.2, -0.15) is 0 Å². The predicted molar refractivity (Wildman–Crippen MR) is 143 cm³/mol. The first-order valence-electron chi connectivity index (χ1n) is 14.7. The molecule has 4 fully saturated rings. The lowest BCUT2D eigenvalue weighted by Gasteiger charge is -2.72. The molecule has 0 aliphatic heterocycles. The van der Waals surface area contributed by atoms with Crippen molar-refractivity contribution in [3.05, 3.63) is 11.6 Å². The number of hydrogen-bond donors (Lipinski definition) is 2. The number of hydrogen-bond acceptors (Lipinski definition) is 4. The Morgan fingerprint density at radius 1 is 0.889 bits per heavy atom. The fraction of sp³-hybridized carbons (Fsp3) is 0.906. The third-order valence-electron chi connectivity index (χ3n) is 14.2. The van der Waals surface area contributed by atoms with E-state index in [1.54, 1.807) is 0 Å². The van der Waals surface area contributed by atoms with Crippen molar-refractivity contribution in [1.82, 2.24) is 0 Å². The molecule has 204 valence electrons. The average Bonchev–Trinajstić information content (AvgIpc) is 2.79. The number of aliphatic hydroxyl groups excluding tert-OH is 1. The number of ether oxygens (including phenoxy) is 1. The summed E-state index contributed by atoms with van der Waals surface area (Å²) in [5.41, 5.74) is -0.416.